The molecule has 0 unspecified atom stereocenters. The van der Waals surface area contributed by atoms with Gasteiger partial charge in [0.1, 0.15) is 11.8 Å². The van der Waals surface area contributed by atoms with E-state index in [2.05, 4.69) is 5.32 Å². The Labute approximate surface area is 177 Å². The van der Waals surface area contributed by atoms with E-state index in [1.54, 1.807) is 25.1 Å². The molecule has 29 heavy (non-hydrogen) atoms. The molecule has 0 fully saturated rings. The van der Waals surface area contributed by atoms with Gasteiger partial charge in [-0.2, -0.15) is 0 Å². The van der Waals surface area contributed by atoms with Crippen LogP contribution < -0.4 is 14.4 Å². The minimum atomic E-state index is -3.69. The van der Waals surface area contributed by atoms with Gasteiger partial charge >= 0.3 is 0 Å². The van der Waals surface area contributed by atoms with Crippen LogP contribution in [0.2, 0.25) is 5.02 Å². The monoisotopic (exact) mass is 438 g/mol. The summed E-state index contributed by atoms with van der Waals surface area (Å²) in [5.74, 6) is 0.345. The molecule has 0 spiro atoms. The highest BCUT2D eigenvalue weighted by Gasteiger charge is 2.29. The van der Waals surface area contributed by atoms with Gasteiger partial charge in [0, 0.05) is 11.6 Å². The lowest BCUT2D eigenvalue weighted by Crippen LogP contribution is -2.47. The van der Waals surface area contributed by atoms with Gasteiger partial charge in [-0.15, -0.1) is 0 Å². The van der Waals surface area contributed by atoms with Gasteiger partial charge in [-0.1, -0.05) is 29.8 Å². The average Bonchev–Trinajstić information content (AvgIpc) is 2.62. The van der Waals surface area contributed by atoms with Gasteiger partial charge in [-0.3, -0.25) is 9.10 Å². The molecular weight excluding hydrogens is 412 g/mol. The van der Waals surface area contributed by atoms with E-state index in [0.29, 0.717) is 10.7 Å². The van der Waals surface area contributed by atoms with E-state index in [1.807, 2.05) is 45.0 Å². The van der Waals surface area contributed by atoms with Crippen LogP contribution in [0.15, 0.2) is 42.5 Å². The third-order valence-electron chi connectivity index (χ3n) is 4.26. The average molecular weight is 439 g/mol. The van der Waals surface area contributed by atoms with E-state index in [1.165, 1.54) is 0 Å². The van der Waals surface area contributed by atoms with Gasteiger partial charge in [0.2, 0.25) is 15.9 Å². The highest BCUT2D eigenvalue weighted by Crippen LogP contribution is 2.26. The van der Waals surface area contributed by atoms with Crippen molar-refractivity contribution in [3.05, 3.63) is 58.6 Å². The maximum Gasteiger partial charge on any atom is 0.243 e. The number of amides is 1. The zero-order valence-corrected chi connectivity index (χ0v) is 18.8. The molecule has 0 aliphatic carbocycles. The van der Waals surface area contributed by atoms with Crippen molar-refractivity contribution in [1.29, 1.82) is 0 Å². The third kappa shape index (κ3) is 6.37. The summed E-state index contributed by atoms with van der Waals surface area (Å²) in [6, 6.07) is 11.4. The minimum Gasteiger partial charge on any atom is -0.491 e. The fourth-order valence-corrected chi connectivity index (χ4v) is 4.16. The van der Waals surface area contributed by atoms with Crippen molar-refractivity contribution in [2.45, 2.75) is 46.4 Å². The Morgan fingerprint density at radius 3 is 2.28 bits per heavy atom. The number of hydrogen-bond donors (Lipinski definition) is 1. The summed E-state index contributed by atoms with van der Waals surface area (Å²) in [6.45, 7) is 7.54. The Morgan fingerprint density at radius 2 is 1.76 bits per heavy atom. The standard InChI is InChI=1S/C21H27ClN2O4S/c1-14(2)28-19-10-7-17(8-11-19)13-23-21(25)16(4)24(29(5,26)27)18-9-6-15(3)20(22)12-18/h6-12,14,16H,13H2,1-5H3,(H,23,25)/t16-/m1/s1. The lowest BCUT2D eigenvalue weighted by atomic mass is 10.2. The molecule has 158 valence electrons. The molecule has 0 bridgehead atoms. The first-order chi connectivity index (χ1) is 13.5. The Bertz CT molecular complexity index is 959. The zero-order valence-electron chi connectivity index (χ0n) is 17.3. The number of ether oxygens (including phenoxy) is 1. The van der Waals surface area contributed by atoms with Gasteiger partial charge in [-0.05, 0) is 63.1 Å². The topological polar surface area (TPSA) is 75.7 Å². The molecule has 0 saturated heterocycles. The minimum absolute atomic E-state index is 0.0821. The van der Waals surface area contributed by atoms with Crippen molar-refractivity contribution in [2.24, 2.45) is 0 Å². The molecule has 0 radical (unpaired) electrons. The van der Waals surface area contributed by atoms with Gasteiger partial charge < -0.3 is 10.1 Å². The molecule has 0 aliphatic rings. The van der Waals surface area contributed by atoms with E-state index in [9.17, 15) is 13.2 Å². The summed E-state index contributed by atoms with van der Waals surface area (Å²) in [5, 5.41) is 3.23. The zero-order chi connectivity index (χ0) is 21.8. The van der Waals surface area contributed by atoms with Gasteiger partial charge in [0.05, 0.1) is 18.0 Å². The number of rotatable bonds is 8. The predicted molar refractivity (Wildman–Crippen MR) is 117 cm³/mol. The fourth-order valence-electron chi connectivity index (χ4n) is 2.82. The van der Waals surface area contributed by atoms with E-state index >= 15 is 0 Å². The molecule has 1 atom stereocenters. The fraction of sp³-hybridized carbons (Fsp3) is 0.381. The second-order valence-corrected chi connectivity index (χ2v) is 9.46. The number of benzene rings is 2. The summed E-state index contributed by atoms with van der Waals surface area (Å²) < 4.78 is 31.4. The quantitative estimate of drug-likeness (QED) is 0.678. The molecule has 2 aromatic carbocycles. The van der Waals surface area contributed by atoms with Gasteiger partial charge in [0.15, 0.2) is 0 Å². The summed E-state index contributed by atoms with van der Waals surface area (Å²) in [6.07, 6.45) is 1.15. The molecule has 0 saturated carbocycles. The number of hydrogen-bond acceptors (Lipinski definition) is 4. The Morgan fingerprint density at radius 1 is 1.14 bits per heavy atom. The first-order valence-corrected chi connectivity index (χ1v) is 11.5. The number of aryl methyl sites for hydroxylation is 1. The lowest BCUT2D eigenvalue weighted by Gasteiger charge is -2.28. The second kappa shape index (κ2) is 9.50. The van der Waals surface area contributed by atoms with Crippen LogP contribution in [0.1, 0.15) is 31.9 Å². The normalized spacial score (nSPS) is 12.5. The number of sulfonamides is 1. The van der Waals surface area contributed by atoms with Crippen LogP contribution in [-0.2, 0) is 21.4 Å². The number of carbonyl (C=O) groups is 1. The summed E-state index contributed by atoms with van der Waals surface area (Å²) in [4.78, 5) is 12.7. The first-order valence-electron chi connectivity index (χ1n) is 9.28. The molecule has 0 aromatic heterocycles. The molecular formula is C21H27ClN2O4S. The van der Waals surface area contributed by atoms with Crippen molar-refractivity contribution in [1.82, 2.24) is 5.32 Å². The number of nitrogens with one attached hydrogen (secondary N) is 1. The Kier molecular flexibility index (Phi) is 7.54. The summed E-state index contributed by atoms with van der Waals surface area (Å²) >= 11 is 6.15. The van der Waals surface area contributed by atoms with Gasteiger partial charge in [0.25, 0.3) is 0 Å². The van der Waals surface area contributed by atoms with E-state index in [4.69, 9.17) is 16.3 Å². The molecule has 2 aromatic rings. The summed E-state index contributed by atoms with van der Waals surface area (Å²) in [7, 11) is -3.69. The van der Waals surface area contributed by atoms with Crippen LogP contribution in [0.3, 0.4) is 0 Å². The smallest absolute Gasteiger partial charge is 0.243 e. The molecule has 8 heteroatoms. The Hall–Kier alpha value is -2.25. The molecule has 6 nitrogen and oxygen atoms in total. The SMILES string of the molecule is Cc1ccc(N([C@H](C)C(=O)NCc2ccc(OC(C)C)cc2)S(C)(=O)=O)cc1Cl. The third-order valence-corrected chi connectivity index (χ3v) is 5.91. The predicted octanol–water partition coefficient (Wildman–Crippen LogP) is 3.91. The largest absolute Gasteiger partial charge is 0.491 e. The molecule has 0 aliphatic heterocycles. The van der Waals surface area contributed by atoms with E-state index < -0.39 is 22.0 Å². The molecule has 1 N–H and O–H groups in total. The maximum absolute atomic E-state index is 12.7. The first kappa shape index (κ1) is 23.0. The van der Waals surface area contributed by atoms with Crippen molar-refractivity contribution in [3.63, 3.8) is 0 Å². The Balaban J connectivity index is 2.12. The van der Waals surface area contributed by atoms with E-state index in [-0.39, 0.29) is 12.6 Å². The van der Waals surface area contributed by atoms with Crippen LogP contribution in [-0.4, -0.2) is 32.7 Å². The number of nitrogens with zero attached hydrogens (tertiary/aromatic N) is 1. The van der Waals surface area contributed by atoms with Crippen molar-refractivity contribution in [3.8, 4) is 5.75 Å². The van der Waals surface area contributed by atoms with E-state index in [0.717, 1.165) is 27.4 Å². The van der Waals surface area contributed by atoms with Crippen LogP contribution in [0, 0.1) is 6.92 Å². The molecule has 2 rings (SSSR count). The molecule has 0 heterocycles. The van der Waals surface area contributed by atoms with Crippen LogP contribution in [0.25, 0.3) is 0 Å². The highest BCUT2D eigenvalue weighted by atomic mass is 35.5. The number of anilines is 1. The number of halogens is 1. The van der Waals surface area contributed by atoms with Gasteiger partial charge in [-0.25, -0.2) is 8.42 Å². The van der Waals surface area contributed by atoms with Crippen LogP contribution in [0.5, 0.6) is 5.75 Å². The summed E-state index contributed by atoms with van der Waals surface area (Å²) in [5.41, 5.74) is 2.05. The number of carbonyl (C=O) groups excluding carboxylic acids is 1. The second-order valence-electron chi connectivity index (χ2n) is 7.20. The maximum atomic E-state index is 12.7. The molecule has 1 amide bonds. The highest BCUT2D eigenvalue weighted by molar-refractivity contribution is 7.92. The lowest BCUT2D eigenvalue weighted by molar-refractivity contribution is -0.122. The van der Waals surface area contributed by atoms with Crippen molar-refractivity contribution in [2.75, 3.05) is 10.6 Å². The van der Waals surface area contributed by atoms with Crippen LogP contribution in [0.4, 0.5) is 5.69 Å². The van der Waals surface area contributed by atoms with Crippen molar-refractivity contribution >= 4 is 33.2 Å². The van der Waals surface area contributed by atoms with Crippen LogP contribution >= 0.6 is 11.6 Å². The van der Waals surface area contributed by atoms with Crippen molar-refractivity contribution < 1.29 is 17.9 Å².